The standard InChI is InChI=1S/C24H35N3O3/c1-16-20(13-14-21(28)30-8)17(2)27(26-16)19-11-9-18(10-12-19)22(29)25-24(6,7)15-23(3,4)5/h9-12H,13-15H2,1-8H3,(H,25,29). The van der Waals surface area contributed by atoms with E-state index in [9.17, 15) is 9.59 Å². The van der Waals surface area contributed by atoms with Crippen molar-refractivity contribution in [1.29, 1.82) is 0 Å². The summed E-state index contributed by atoms with van der Waals surface area (Å²) in [6.07, 6.45) is 1.80. The molecule has 0 radical (unpaired) electrons. The fourth-order valence-electron chi connectivity index (χ4n) is 4.12. The summed E-state index contributed by atoms with van der Waals surface area (Å²) in [5.74, 6) is -0.311. The van der Waals surface area contributed by atoms with Gasteiger partial charge in [0, 0.05) is 23.2 Å². The van der Waals surface area contributed by atoms with Gasteiger partial charge in [-0.05, 0) is 75.8 Å². The van der Waals surface area contributed by atoms with Gasteiger partial charge in [-0.2, -0.15) is 5.10 Å². The number of amides is 1. The van der Waals surface area contributed by atoms with E-state index in [1.807, 2.05) is 42.8 Å². The first-order valence-electron chi connectivity index (χ1n) is 10.4. The molecule has 1 amide bonds. The number of esters is 1. The van der Waals surface area contributed by atoms with Gasteiger partial charge in [0.25, 0.3) is 5.91 Å². The molecule has 2 aromatic rings. The van der Waals surface area contributed by atoms with Gasteiger partial charge in [-0.3, -0.25) is 9.59 Å². The van der Waals surface area contributed by atoms with E-state index in [-0.39, 0.29) is 22.8 Å². The predicted molar refractivity (Wildman–Crippen MR) is 119 cm³/mol. The van der Waals surface area contributed by atoms with Crippen molar-refractivity contribution < 1.29 is 14.3 Å². The Kier molecular flexibility index (Phi) is 7.11. The van der Waals surface area contributed by atoms with Crippen LogP contribution in [-0.2, 0) is 16.0 Å². The molecule has 1 aromatic carbocycles. The minimum absolute atomic E-state index is 0.0806. The molecule has 0 saturated carbocycles. The Labute approximate surface area is 180 Å². The highest BCUT2D eigenvalue weighted by atomic mass is 16.5. The van der Waals surface area contributed by atoms with Crippen molar-refractivity contribution >= 4 is 11.9 Å². The number of carbonyl (C=O) groups excluding carboxylic acids is 2. The number of carbonyl (C=O) groups is 2. The van der Waals surface area contributed by atoms with Gasteiger partial charge < -0.3 is 10.1 Å². The summed E-state index contributed by atoms with van der Waals surface area (Å²) in [5, 5.41) is 7.76. The second-order valence-corrected chi connectivity index (χ2v) is 9.76. The Morgan fingerprint density at radius 1 is 1.07 bits per heavy atom. The Morgan fingerprint density at radius 2 is 1.67 bits per heavy atom. The highest BCUT2D eigenvalue weighted by Gasteiger charge is 2.27. The van der Waals surface area contributed by atoms with Gasteiger partial charge in [0.15, 0.2) is 0 Å². The van der Waals surface area contributed by atoms with Crippen LogP contribution in [0.15, 0.2) is 24.3 Å². The van der Waals surface area contributed by atoms with Gasteiger partial charge in [-0.25, -0.2) is 4.68 Å². The SMILES string of the molecule is COC(=O)CCc1c(C)nn(-c2ccc(C(=O)NC(C)(C)CC(C)(C)C)cc2)c1C. The van der Waals surface area contributed by atoms with Crippen molar-refractivity contribution in [2.75, 3.05) is 7.11 Å². The lowest BCUT2D eigenvalue weighted by Gasteiger charge is -2.33. The van der Waals surface area contributed by atoms with Crippen LogP contribution in [0, 0.1) is 19.3 Å². The molecule has 30 heavy (non-hydrogen) atoms. The minimum Gasteiger partial charge on any atom is -0.469 e. The molecule has 0 aliphatic carbocycles. The Bertz CT molecular complexity index is 903. The van der Waals surface area contributed by atoms with Crippen molar-refractivity contribution in [2.45, 2.75) is 73.3 Å². The zero-order valence-electron chi connectivity index (χ0n) is 19.5. The van der Waals surface area contributed by atoms with Crippen molar-refractivity contribution in [3.8, 4) is 5.69 Å². The average Bonchev–Trinajstić information content (AvgIpc) is 2.91. The van der Waals surface area contributed by atoms with Crippen LogP contribution in [0.2, 0.25) is 0 Å². The zero-order chi connectivity index (χ0) is 22.7. The molecular weight excluding hydrogens is 378 g/mol. The van der Waals surface area contributed by atoms with E-state index in [2.05, 4.69) is 45.0 Å². The molecule has 6 nitrogen and oxygen atoms in total. The minimum atomic E-state index is -0.293. The lowest BCUT2D eigenvalue weighted by atomic mass is 9.81. The third kappa shape index (κ3) is 6.18. The van der Waals surface area contributed by atoms with E-state index < -0.39 is 0 Å². The van der Waals surface area contributed by atoms with Crippen LogP contribution in [0.25, 0.3) is 5.69 Å². The second kappa shape index (κ2) is 9.02. The van der Waals surface area contributed by atoms with Gasteiger partial charge >= 0.3 is 5.97 Å². The van der Waals surface area contributed by atoms with Gasteiger partial charge in [0.05, 0.1) is 18.5 Å². The van der Waals surface area contributed by atoms with Gasteiger partial charge in [0.2, 0.25) is 0 Å². The van der Waals surface area contributed by atoms with Crippen molar-refractivity contribution in [3.63, 3.8) is 0 Å². The fraction of sp³-hybridized carbons (Fsp3) is 0.542. The third-order valence-corrected chi connectivity index (χ3v) is 5.05. The Balaban J connectivity index is 2.16. The lowest BCUT2D eigenvalue weighted by Crippen LogP contribution is -2.45. The summed E-state index contributed by atoms with van der Waals surface area (Å²) >= 11 is 0. The van der Waals surface area contributed by atoms with Crippen LogP contribution in [0.3, 0.4) is 0 Å². The molecule has 0 fully saturated rings. The largest absolute Gasteiger partial charge is 0.469 e. The molecule has 0 unspecified atom stereocenters. The number of benzene rings is 1. The van der Waals surface area contributed by atoms with Crippen LogP contribution in [0.5, 0.6) is 0 Å². The maximum Gasteiger partial charge on any atom is 0.305 e. The monoisotopic (exact) mass is 413 g/mol. The number of aryl methyl sites for hydroxylation is 1. The Hall–Kier alpha value is -2.63. The van der Waals surface area contributed by atoms with E-state index >= 15 is 0 Å². The zero-order valence-corrected chi connectivity index (χ0v) is 19.5. The summed E-state index contributed by atoms with van der Waals surface area (Å²) in [7, 11) is 1.40. The van der Waals surface area contributed by atoms with Crippen LogP contribution >= 0.6 is 0 Å². The maximum atomic E-state index is 12.7. The first-order valence-corrected chi connectivity index (χ1v) is 10.4. The predicted octanol–water partition coefficient (Wildman–Crippen LogP) is 4.54. The van der Waals surface area contributed by atoms with Crippen molar-refractivity contribution in [2.24, 2.45) is 5.41 Å². The third-order valence-electron chi connectivity index (χ3n) is 5.05. The van der Waals surface area contributed by atoms with E-state index in [0.29, 0.717) is 18.4 Å². The van der Waals surface area contributed by atoms with E-state index in [4.69, 9.17) is 4.74 Å². The molecule has 0 spiro atoms. The number of nitrogens with zero attached hydrogens (tertiary/aromatic N) is 2. The second-order valence-electron chi connectivity index (χ2n) is 9.76. The fourth-order valence-corrected chi connectivity index (χ4v) is 4.12. The summed E-state index contributed by atoms with van der Waals surface area (Å²) in [4.78, 5) is 24.2. The summed E-state index contributed by atoms with van der Waals surface area (Å²) in [6.45, 7) is 14.5. The average molecular weight is 414 g/mol. The molecule has 6 heteroatoms. The summed E-state index contributed by atoms with van der Waals surface area (Å²) < 4.78 is 6.59. The normalized spacial score (nSPS) is 12.0. The first kappa shape index (κ1) is 23.6. The molecule has 0 saturated heterocycles. The van der Waals surface area contributed by atoms with Crippen LogP contribution in [-0.4, -0.2) is 34.3 Å². The van der Waals surface area contributed by atoms with Crippen LogP contribution < -0.4 is 5.32 Å². The molecule has 0 aliphatic heterocycles. The lowest BCUT2D eigenvalue weighted by molar-refractivity contribution is -0.140. The molecule has 1 aromatic heterocycles. The van der Waals surface area contributed by atoms with E-state index in [1.165, 1.54) is 7.11 Å². The topological polar surface area (TPSA) is 73.2 Å². The number of rotatable bonds is 7. The number of methoxy groups -OCH3 is 1. The molecular formula is C24H35N3O3. The molecule has 1 heterocycles. The van der Waals surface area contributed by atoms with E-state index in [0.717, 1.165) is 29.1 Å². The molecule has 1 N–H and O–H groups in total. The van der Waals surface area contributed by atoms with Crippen molar-refractivity contribution in [3.05, 3.63) is 46.8 Å². The molecule has 2 rings (SSSR count). The molecule has 164 valence electrons. The van der Waals surface area contributed by atoms with E-state index in [1.54, 1.807) is 0 Å². The Morgan fingerprint density at radius 3 is 2.20 bits per heavy atom. The van der Waals surface area contributed by atoms with Gasteiger partial charge in [-0.1, -0.05) is 20.8 Å². The number of aromatic nitrogens is 2. The van der Waals surface area contributed by atoms with Crippen molar-refractivity contribution in [1.82, 2.24) is 15.1 Å². The van der Waals surface area contributed by atoms with Crippen LogP contribution in [0.4, 0.5) is 0 Å². The summed E-state index contributed by atoms with van der Waals surface area (Å²) in [5.41, 5.74) is 4.26. The quantitative estimate of drug-likeness (QED) is 0.677. The number of hydrogen-bond donors (Lipinski definition) is 1. The summed E-state index contributed by atoms with van der Waals surface area (Å²) in [6, 6.07) is 7.44. The number of nitrogens with one attached hydrogen (secondary N) is 1. The molecule has 0 bridgehead atoms. The van der Waals surface area contributed by atoms with Gasteiger partial charge in [-0.15, -0.1) is 0 Å². The highest BCUT2D eigenvalue weighted by Crippen LogP contribution is 2.27. The highest BCUT2D eigenvalue weighted by molar-refractivity contribution is 5.94. The molecule has 0 atom stereocenters. The smallest absolute Gasteiger partial charge is 0.305 e. The van der Waals surface area contributed by atoms with Crippen LogP contribution in [0.1, 0.15) is 74.8 Å². The number of hydrogen-bond acceptors (Lipinski definition) is 4. The first-order chi connectivity index (χ1) is 13.8. The number of ether oxygens (including phenoxy) is 1. The van der Waals surface area contributed by atoms with Gasteiger partial charge in [0.1, 0.15) is 0 Å². The maximum absolute atomic E-state index is 12.7. The molecule has 0 aliphatic rings.